The zero-order valence-corrected chi connectivity index (χ0v) is 10.2. The van der Waals surface area contributed by atoms with Crippen molar-refractivity contribution in [1.29, 1.82) is 0 Å². The molecule has 0 aromatic heterocycles. The SMILES string of the molecule is CCOC(=O)C/C=C/c1ccc(Br)cc1. The molecule has 0 spiro atoms. The molecule has 0 atom stereocenters. The molecule has 0 heterocycles. The van der Waals surface area contributed by atoms with E-state index in [0.29, 0.717) is 13.0 Å². The third-order valence-corrected chi connectivity index (χ3v) is 2.30. The van der Waals surface area contributed by atoms with E-state index in [1.54, 1.807) is 13.0 Å². The Bertz CT molecular complexity index is 341. The van der Waals surface area contributed by atoms with E-state index in [9.17, 15) is 4.79 Å². The molecule has 0 N–H and O–H groups in total. The van der Waals surface area contributed by atoms with Crippen molar-refractivity contribution in [2.45, 2.75) is 13.3 Å². The molecule has 0 aliphatic heterocycles. The van der Waals surface area contributed by atoms with E-state index in [4.69, 9.17) is 4.74 Å². The van der Waals surface area contributed by atoms with Crippen molar-refractivity contribution in [3.05, 3.63) is 40.4 Å². The van der Waals surface area contributed by atoms with Crippen LogP contribution in [-0.2, 0) is 9.53 Å². The molecule has 0 unspecified atom stereocenters. The number of halogens is 1. The maximum atomic E-state index is 11.0. The van der Waals surface area contributed by atoms with Crippen molar-refractivity contribution in [2.75, 3.05) is 6.61 Å². The molecular weight excluding hydrogens is 256 g/mol. The lowest BCUT2D eigenvalue weighted by Gasteiger charge is -1.97. The summed E-state index contributed by atoms with van der Waals surface area (Å²) in [4.78, 5) is 11.0. The second kappa shape index (κ2) is 6.40. The van der Waals surface area contributed by atoms with Gasteiger partial charge in [-0.1, -0.05) is 40.2 Å². The van der Waals surface area contributed by atoms with Crippen LogP contribution in [0.3, 0.4) is 0 Å². The van der Waals surface area contributed by atoms with Crippen LogP contribution >= 0.6 is 15.9 Å². The zero-order valence-electron chi connectivity index (χ0n) is 8.57. The fraction of sp³-hybridized carbons (Fsp3) is 0.250. The summed E-state index contributed by atoms with van der Waals surface area (Å²) in [5.41, 5.74) is 1.07. The van der Waals surface area contributed by atoms with Crippen molar-refractivity contribution in [2.24, 2.45) is 0 Å². The van der Waals surface area contributed by atoms with Crippen molar-refractivity contribution in [3.8, 4) is 0 Å². The lowest BCUT2D eigenvalue weighted by molar-refractivity contribution is -0.142. The Balaban J connectivity index is 2.44. The average molecular weight is 269 g/mol. The standard InChI is InChI=1S/C12H13BrO2/c1-2-15-12(14)5-3-4-10-6-8-11(13)9-7-10/h3-4,6-9H,2,5H2,1H3/b4-3+. The first-order chi connectivity index (χ1) is 7.22. The maximum absolute atomic E-state index is 11.0. The molecule has 3 heteroatoms. The maximum Gasteiger partial charge on any atom is 0.309 e. The minimum atomic E-state index is -0.189. The second-order valence-electron chi connectivity index (χ2n) is 2.96. The Kier molecular flexibility index (Phi) is 5.12. The molecule has 15 heavy (non-hydrogen) atoms. The van der Waals surface area contributed by atoms with Gasteiger partial charge in [0, 0.05) is 4.47 Å². The van der Waals surface area contributed by atoms with Gasteiger partial charge in [0.05, 0.1) is 13.0 Å². The first-order valence-corrected chi connectivity index (χ1v) is 5.59. The third kappa shape index (κ3) is 4.79. The lowest BCUT2D eigenvalue weighted by atomic mass is 10.2. The highest BCUT2D eigenvalue weighted by Gasteiger charge is 1.96. The lowest BCUT2D eigenvalue weighted by Crippen LogP contribution is -2.01. The van der Waals surface area contributed by atoms with Crippen LogP contribution in [0.4, 0.5) is 0 Å². The van der Waals surface area contributed by atoms with Crippen LogP contribution in [0.25, 0.3) is 6.08 Å². The van der Waals surface area contributed by atoms with Gasteiger partial charge in [0.2, 0.25) is 0 Å². The van der Waals surface area contributed by atoms with Crippen molar-refractivity contribution >= 4 is 28.0 Å². The van der Waals surface area contributed by atoms with Crippen LogP contribution in [0.5, 0.6) is 0 Å². The normalized spacial score (nSPS) is 10.5. The summed E-state index contributed by atoms with van der Waals surface area (Å²) in [6.45, 7) is 2.24. The summed E-state index contributed by atoms with van der Waals surface area (Å²) in [7, 11) is 0. The van der Waals surface area contributed by atoms with E-state index in [1.165, 1.54) is 0 Å². The molecule has 1 rings (SSSR count). The summed E-state index contributed by atoms with van der Waals surface area (Å²) in [6.07, 6.45) is 4.04. The second-order valence-corrected chi connectivity index (χ2v) is 3.88. The number of benzene rings is 1. The van der Waals surface area contributed by atoms with Gasteiger partial charge in [-0.3, -0.25) is 4.79 Å². The van der Waals surface area contributed by atoms with Crippen LogP contribution in [0, 0.1) is 0 Å². The fourth-order valence-corrected chi connectivity index (χ4v) is 1.35. The molecule has 0 radical (unpaired) electrons. The van der Waals surface area contributed by atoms with Gasteiger partial charge in [-0.15, -0.1) is 0 Å². The van der Waals surface area contributed by atoms with E-state index in [0.717, 1.165) is 10.0 Å². The number of hydrogen-bond acceptors (Lipinski definition) is 2. The number of esters is 1. The Morgan fingerprint density at radius 2 is 2.07 bits per heavy atom. The van der Waals surface area contributed by atoms with E-state index in [1.807, 2.05) is 30.3 Å². The van der Waals surface area contributed by atoms with Crippen molar-refractivity contribution in [1.82, 2.24) is 0 Å². The Morgan fingerprint density at radius 3 is 2.67 bits per heavy atom. The van der Waals surface area contributed by atoms with E-state index < -0.39 is 0 Å². The number of ether oxygens (including phenoxy) is 1. The Hall–Kier alpha value is -1.09. The van der Waals surface area contributed by atoms with Crippen molar-refractivity contribution < 1.29 is 9.53 Å². The summed E-state index contributed by atoms with van der Waals surface area (Å²) < 4.78 is 5.85. The largest absolute Gasteiger partial charge is 0.466 e. The molecule has 0 saturated heterocycles. The van der Waals surface area contributed by atoms with Crippen LogP contribution in [0.2, 0.25) is 0 Å². The smallest absolute Gasteiger partial charge is 0.309 e. The molecule has 0 aliphatic carbocycles. The molecule has 80 valence electrons. The first-order valence-electron chi connectivity index (χ1n) is 4.80. The number of hydrogen-bond donors (Lipinski definition) is 0. The first kappa shape index (κ1) is 12.0. The summed E-state index contributed by atoms with van der Waals surface area (Å²) in [5.74, 6) is -0.189. The van der Waals surface area contributed by atoms with Gasteiger partial charge in [-0.25, -0.2) is 0 Å². The molecular formula is C12H13BrO2. The zero-order chi connectivity index (χ0) is 11.1. The van der Waals surface area contributed by atoms with Gasteiger partial charge in [0.15, 0.2) is 0 Å². The molecule has 0 saturated carbocycles. The molecule has 2 nitrogen and oxygen atoms in total. The van der Waals surface area contributed by atoms with E-state index >= 15 is 0 Å². The van der Waals surface area contributed by atoms with Gasteiger partial charge >= 0.3 is 5.97 Å². The van der Waals surface area contributed by atoms with Crippen LogP contribution in [0.1, 0.15) is 18.9 Å². The van der Waals surface area contributed by atoms with E-state index in [-0.39, 0.29) is 5.97 Å². The van der Waals surface area contributed by atoms with Gasteiger partial charge in [0.1, 0.15) is 0 Å². The van der Waals surface area contributed by atoms with Gasteiger partial charge < -0.3 is 4.74 Å². The Labute approximate surface area is 98.1 Å². The summed E-state index contributed by atoms with van der Waals surface area (Å²) >= 11 is 3.36. The molecule has 0 aliphatic rings. The molecule has 0 amide bonds. The molecule has 0 bridgehead atoms. The van der Waals surface area contributed by atoms with Crippen LogP contribution in [-0.4, -0.2) is 12.6 Å². The minimum absolute atomic E-state index is 0.189. The number of rotatable bonds is 4. The number of carbonyl (C=O) groups is 1. The minimum Gasteiger partial charge on any atom is -0.466 e. The predicted octanol–water partition coefficient (Wildman–Crippen LogP) is 3.42. The molecule has 1 aromatic rings. The van der Waals surface area contributed by atoms with Crippen LogP contribution in [0.15, 0.2) is 34.8 Å². The third-order valence-electron chi connectivity index (χ3n) is 1.77. The van der Waals surface area contributed by atoms with E-state index in [2.05, 4.69) is 15.9 Å². The topological polar surface area (TPSA) is 26.3 Å². The quantitative estimate of drug-likeness (QED) is 0.783. The highest BCUT2D eigenvalue weighted by Crippen LogP contribution is 2.11. The fourth-order valence-electron chi connectivity index (χ4n) is 1.09. The predicted molar refractivity (Wildman–Crippen MR) is 64.4 cm³/mol. The highest BCUT2D eigenvalue weighted by molar-refractivity contribution is 9.10. The monoisotopic (exact) mass is 268 g/mol. The van der Waals surface area contributed by atoms with Crippen LogP contribution < -0.4 is 0 Å². The van der Waals surface area contributed by atoms with Gasteiger partial charge in [-0.05, 0) is 24.6 Å². The highest BCUT2D eigenvalue weighted by atomic mass is 79.9. The van der Waals surface area contributed by atoms with Gasteiger partial charge in [-0.2, -0.15) is 0 Å². The molecule has 1 aromatic carbocycles. The Morgan fingerprint density at radius 1 is 1.40 bits per heavy atom. The molecule has 0 fully saturated rings. The summed E-state index contributed by atoms with van der Waals surface area (Å²) in [5, 5.41) is 0. The number of carbonyl (C=O) groups excluding carboxylic acids is 1. The average Bonchev–Trinajstić information content (AvgIpc) is 2.21. The van der Waals surface area contributed by atoms with Gasteiger partial charge in [0.25, 0.3) is 0 Å². The van der Waals surface area contributed by atoms with Crippen molar-refractivity contribution in [3.63, 3.8) is 0 Å². The summed E-state index contributed by atoms with van der Waals surface area (Å²) in [6, 6.07) is 7.88.